The van der Waals surface area contributed by atoms with Crippen LogP contribution in [0.4, 0.5) is 5.69 Å². The molecule has 0 radical (unpaired) electrons. The van der Waals surface area contributed by atoms with E-state index < -0.39 is 0 Å². The van der Waals surface area contributed by atoms with Crippen LogP contribution in [0.3, 0.4) is 0 Å². The van der Waals surface area contributed by atoms with Crippen LogP contribution in [-0.2, 0) is 6.42 Å². The molecule has 0 aliphatic heterocycles. The Bertz CT molecular complexity index is 827. The molecular formula is C21H29IN4O3. The second-order valence-corrected chi connectivity index (χ2v) is 5.95. The topological polar surface area (TPSA) is 84.0 Å². The molecule has 158 valence electrons. The van der Waals surface area contributed by atoms with Gasteiger partial charge in [-0.05, 0) is 43.2 Å². The average molecular weight is 512 g/mol. The van der Waals surface area contributed by atoms with Gasteiger partial charge in [-0.1, -0.05) is 12.1 Å². The minimum absolute atomic E-state index is 0. The molecule has 7 nitrogen and oxygen atoms in total. The first-order valence-corrected chi connectivity index (χ1v) is 9.20. The van der Waals surface area contributed by atoms with Gasteiger partial charge in [-0.25, -0.2) is 0 Å². The maximum Gasteiger partial charge on any atom is 0.251 e. The number of carbonyl (C=O) groups is 1. The maximum absolute atomic E-state index is 11.7. The Morgan fingerprint density at radius 1 is 1.14 bits per heavy atom. The van der Waals surface area contributed by atoms with Crippen LogP contribution in [0.5, 0.6) is 11.5 Å². The zero-order valence-electron chi connectivity index (χ0n) is 17.2. The lowest BCUT2D eigenvalue weighted by Gasteiger charge is -2.15. The quantitative estimate of drug-likeness (QED) is 0.287. The number of rotatable bonds is 8. The SMILES string of the molecule is CCOc1cc(NC(=NC)NCCc2cccc(C(=O)NC)c2)ccc1OC.I. The smallest absolute Gasteiger partial charge is 0.251 e. The summed E-state index contributed by atoms with van der Waals surface area (Å²) in [4.78, 5) is 16.0. The molecule has 0 saturated carbocycles. The number of nitrogens with one attached hydrogen (secondary N) is 3. The van der Waals surface area contributed by atoms with Crippen molar-refractivity contribution in [1.82, 2.24) is 10.6 Å². The standard InChI is InChI=1S/C21H28N4O3.HI/c1-5-28-19-14-17(9-10-18(19)27-4)25-21(23-3)24-12-11-15-7-6-8-16(13-15)20(26)22-2;/h6-10,13-14H,5,11-12H2,1-4H3,(H,22,26)(H2,23,24,25);1H. The number of aliphatic imine (C=N–C) groups is 1. The molecule has 0 unspecified atom stereocenters. The van der Waals surface area contributed by atoms with Crippen molar-refractivity contribution < 1.29 is 14.3 Å². The number of nitrogens with zero attached hydrogens (tertiary/aromatic N) is 1. The molecule has 3 N–H and O–H groups in total. The largest absolute Gasteiger partial charge is 0.493 e. The highest BCUT2D eigenvalue weighted by atomic mass is 127. The molecule has 0 bridgehead atoms. The summed E-state index contributed by atoms with van der Waals surface area (Å²) in [6.07, 6.45) is 0.762. The lowest BCUT2D eigenvalue weighted by molar-refractivity contribution is 0.0963. The van der Waals surface area contributed by atoms with E-state index in [2.05, 4.69) is 20.9 Å². The summed E-state index contributed by atoms with van der Waals surface area (Å²) in [5, 5.41) is 9.16. The summed E-state index contributed by atoms with van der Waals surface area (Å²) in [5.41, 5.74) is 2.58. The van der Waals surface area contributed by atoms with E-state index in [0.717, 1.165) is 17.7 Å². The fourth-order valence-corrected chi connectivity index (χ4v) is 2.68. The summed E-state index contributed by atoms with van der Waals surface area (Å²) in [6, 6.07) is 13.2. The van der Waals surface area contributed by atoms with E-state index in [1.807, 2.05) is 43.3 Å². The molecule has 2 rings (SSSR count). The first kappa shape index (κ1) is 24.5. The Balaban J connectivity index is 0.00000420. The number of hydrogen-bond donors (Lipinski definition) is 3. The van der Waals surface area contributed by atoms with Crippen molar-refractivity contribution >= 4 is 41.5 Å². The Hall–Kier alpha value is -2.49. The van der Waals surface area contributed by atoms with Gasteiger partial charge in [0.1, 0.15) is 0 Å². The highest BCUT2D eigenvalue weighted by Gasteiger charge is 2.07. The van der Waals surface area contributed by atoms with Crippen molar-refractivity contribution in [1.29, 1.82) is 0 Å². The lowest BCUT2D eigenvalue weighted by atomic mass is 10.1. The van der Waals surface area contributed by atoms with Crippen LogP contribution in [0.25, 0.3) is 0 Å². The third-order valence-electron chi connectivity index (χ3n) is 4.07. The van der Waals surface area contributed by atoms with Gasteiger partial charge in [-0.3, -0.25) is 9.79 Å². The van der Waals surface area contributed by atoms with Gasteiger partial charge in [0.25, 0.3) is 5.91 Å². The molecular weight excluding hydrogens is 483 g/mol. The highest BCUT2D eigenvalue weighted by molar-refractivity contribution is 14.0. The van der Waals surface area contributed by atoms with E-state index in [9.17, 15) is 4.79 Å². The third-order valence-corrected chi connectivity index (χ3v) is 4.07. The Kier molecular flexibility index (Phi) is 10.9. The first-order chi connectivity index (χ1) is 13.6. The predicted octanol–water partition coefficient (Wildman–Crippen LogP) is 3.30. The van der Waals surface area contributed by atoms with Gasteiger partial charge in [-0.15, -0.1) is 24.0 Å². The second-order valence-electron chi connectivity index (χ2n) is 5.95. The van der Waals surface area contributed by atoms with Crippen molar-refractivity contribution in [2.75, 3.05) is 39.7 Å². The molecule has 2 aromatic carbocycles. The van der Waals surface area contributed by atoms with Gasteiger partial charge in [-0.2, -0.15) is 0 Å². The highest BCUT2D eigenvalue weighted by Crippen LogP contribution is 2.30. The Morgan fingerprint density at radius 2 is 1.93 bits per heavy atom. The van der Waals surface area contributed by atoms with E-state index >= 15 is 0 Å². The minimum atomic E-state index is -0.0862. The number of halogens is 1. The number of guanidine groups is 1. The average Bonchev–Trinajstić information content (AvgIpc) is 2.73. The molecule has 0 heterocycles. The van der Waals surface area contributed by atoms with Crippen LogP contribution in [0.2, 0.25) is 0 Å². The number of ether oxygens (including phenoxy) is 2. The number of anilines is 1. The maximum atomic E-state index is 11.7. The molecule has 8 heteroatoms. The number of carbonyl (C=O) groups excluding carboxylic acids is 1. The van der Waals surface area contributed by atoms with Crippen LogP contribution in [0.15, 0.2) is 47.5 Å². The van der Waals surface area contributed by atoms with Crippen molar-refractivity contribution in [3.8, 4) is 11.5 Å². The van der Waals surface area contributed by atoms with Crippen LogP contribution in [0, 0.1) is 0 Å². The lowest BCUT2D eigenvalue weighted by Crippen LogP contribution is -2.32. The van der Waals surface area contributed by atoms with E-state index in [-0.39, 0.29) is 29.9 Å². The number of amides is 1. The molecule has 0 spiro atoms. The fourth-order valence-electron chi connectivity index (χ4n) is 2.68. The molecule has 1 amide bonds. The Labute approximate surface area is 189 Å². The second kappa shape index (κ2) is 12.9. The van der Waals surface area contributed by atoms with Crippen molar-refractivity contribution in [3.63, 3.8) is 0 Å². The Morgan fingerprint density at radius 3 is 2.59 bits per heavy atom. The zero-order valence-corrected chi connectivity index (χ0v) is 19.6. The van der Waals surface area contributed by atoms with E-state index in [4.69, 9.17) is 9.47 Å². The van der Waals surface area contributed by atoms with Crippen LogP contribution < -0.4 is 25.4 Å². The van der Waals surface area contributed by atoms with E-state index in [1.165, 1.54) is 0 Å². The molecule has 0 aliphatic carbocycles. The summed E-state index contributed by atoms with van der Waals surface area (Å²) in [7, 11) is 4.96. The summed E-state index contributed by atoms with van der Waals surface area (Å²) < 4.78 is 10.9. The van der Waals surface area contributed by atoms with E-state index in [0.29, 0.717) is 36.2 Å². The summed E-state index contributed by atoms with van der Waals surface area (Å²) in [6.45, 7) is 3.16. The van der Waals surface area contributed by atoms with E-state index in [1.54, 1.807) is 27.3 Å². The van der Waals surface area contributed by atoms with Crippen molar-refractivity contribution in [2.24, 2.45) is 4.99 Å². The molecule has 0 atom stereocenters. The monoisotopic (exact) mass is 512 g/mol. The molecule has 0 saturated heterocycles. The van der Waals surface area contributed by atoms with Crippen molar-refractivity contribution in [3.05, 3.63) is 53.6 Å². The normalized spacial score (nSPS) is 10.6. The first-order valence-electron chi connectivity index (χ1n) is 9.20. The summed E-state index contributed by atoms with van der Waals surface area (Å²) >= 11 is 0. The van der Waals surface area contributed by atoms with Crippen molar-refractivity contribution in [2.45, 2.75) is 13.3 Å². The number of methoxy groups -OCH3 is 1. The molecule has 29 heavy (non-hydrogen) atoms. The minimum Gasteiger partial charge on any atom is -0.493 e. The van der Waals surface area contributed by atoms with Gasteiger partial charge in [0.15, 0.2) is 17.5 Å². The van der Waals surface area contributed by atoms with Gasteiger partial charge >= 0.3 is 0 Å². The number of hydrogen-bond acceptors (Lipinski definition) is 4. The molecule has 0 fully saturated rings. The third kappa shape index (κ3) is 7.45. The summed E-state index contributed by atoms with van der Waals surface area (Å²) in [5.74, 6) is 1.93. The van der Waals surface area contributed by atoms with Gasteiger partial charge < -0.3 is 25.4 Å². The molecule has 2 aromatic rings. The zero-order chi connectivity index (χ0) is 20.4. The predicted molar refractivity (Wildman–Crippen MR) is 128 cm³/mol. The van der Waals surface area contributed by atoms with Crippen LogP contribution in [-0.4, -0.2) is 46.2 Å². The van der Waals surface area contributed by atoms with Crippen LogP contribution >= 0.6 is 24.0 Å². The van der Waals surface area contributed by atoms with Gasteiger partial charge in [0, 0.05) is 38.0 Å². The fraction of sp³-hybridized carbons (Fsp3) is 0.333. The number of benzene rings is 2. The molecule has 0 aliphatic rings. The van der Waals surface area contributed by atoms with Crippen LogP contribution in [0.1, 0.15) is 22.8 Å². The molecule has 0 aromatic heterocycles. The van der Waals surface area contributed by atoms with Gasteiger partial charge in [0.05, 0.1) is 13.7 Å². The van der Waals surface area contributed by atoms with Gasteiger partial charge in [0.2, 0.25) is 0 Å².